The van der Waals surface area contributed by atoms with Crippen LogP contribution in [0, 0.1) is 0 Å². The molecular weight excluding hydrogens is 605 g/mol. The minimum Gasteiger partial charge on any atom is -0.309 e. The Hall–Kier alpha value is -6.64. The van der Waals surface area contributed by atoms with E-state index in [1.807, 2.05) is 0 Å². The lowest BCUT2D eigenvalue weighted by Crippen LogP contribution is -1.97. The molecule has 2 heteroatoms. The van der Waals surface area contributed by atoms with Gasteiger partial charge in [-0.3, -0.25) is 0 Å². The summed E-state index contributed by atoms with van der Waals surface area (Å²) in [5.74, 6) is 0. The van der Waals surface area contributed by atoms with E-state index in [1.54, 1.807) is 0 Å². The molecule has 0 aliphatic carbocycles. The van der Waals surface area contributed by atoms with Crippen molar-refractivity contribution >= 4 is 75.9 Å². The molecule has 0 aliphatic rings. The molecule has 0 amide bonds. The largest absolute Gasteiger partial charge is 0.309 e. The lowest BCUT2D eigenvalue weighted by atomic mass is 9.97. The Morgan fingerprint density at radius 2 is 0.900 bits per heavy atom. The molecule has 0 bridgehead atoms. The zero-order chi connectivity index (χ0) is 32.8. The molecule has 0 fully saturated rings. The molecule has 2 nitrogen and oxygen atoms in total. The third-order valence-electron chi connectivity index (χ3n) is 10.6. The number of hydrogen-bond donors (Lipinski definition) is 0. The molecule has 0 N–H and O–H groups in total. The lowest BCUT2D eigenvalue weighted by molar-refractivity contribution is 1.18. The second kappa shape index (κ2) is 10.4. The van der Waals surface area contributed by atoms with Gasteiger partial charge in [0, 0.05) is 38.3 Å². The molecule has 50 heavy (non-hydrogen) atoms. The first-order valence-corrected chi connectivity index (χ1v) is 17.3. The van der Waals surface area contributed by atoms with Crippen LogP contribution >= 0.6 is 0 Å². The van der Waals surface area contributed by atoms with Crippen LogP contribution in [0.15, 0.2) is 182 Å². The lowest BCUT2D eigenvalue weighted by Gasteiger charge is -2.14. The molecule has 9 aromatic carbocycles. The molecule has 0 saturated carbocycles. The van der Waals surface area contributed by atoms with E-state index >= 15 is 0 Å². The van der Waals surface area contributed by atoms with Crippen molar-refractivity contribution in [1.82, 2.24) is 9.13 Å². The van der Waals surface area contributed by atoms with Crippen LogP contribution in [0.4, 0.5) is 0 Å². The molecular formula is C48H30N2. The summed E-state index contributed by atoms with van der Waals surface area (Å²) in [7, 11) is 0. The van der Waals surface area contributed by atoms with E-state index in [0.717, 1.165) is 11.4 Å². The summed E-state index contributed by atoms with van der Waals surface area (Å²) in [6.45, 7) is 0. The molecule has 0 unspecified atom stereocenters. The second-order valence-corrected chi connectivity index (χ2v) is 13.3. The van der Waals surface area contributed by atoms with Gasteiger partial charge in [0.15, 0.2) is 0 Å². The smallest absolute Gasteiger partial charge is 0.0648 e. The van der Waals surface area contributed by atoms with E-state index in [1.165, 1.54) is 87.1 Å². The fraction of sp³-hybridized carbons (Fsp3) is 0. The van der Waals surface area contributed by atoms with E-state index in [9.17, 15) is 0 Å². The number of para-hydroxylation sites is 2. The van der Waals surface area contributed by atoms with Crippen LogP contribution in [0.3, 0.4) is 0 Å². The zero-order valence-corrected chi connectivity index (χ0v) is 27.2. The van der Waals surface area contributed by atoms with Crippen LogP contribution < -0.4 is 0 Å². The number of aromatic nitrogens is 2. The Kier molecular flexibility index (Phi) is 5.70. The number of rotatable bonds is 3. The van der Waals surface area contributed by atoms with Crippen LogP contribution in [-0.2, 0) is 0 Å². The third-order valence-corrected chi connectivity index (χ3v) is 10.6. The fourth-order valence-electron chi connectivity index (χ4n) is 8.51. The Morgan fingerprint density at radius 1 is 0.280 bits per heavy atom. The van der Waals surface area contributed by atoms with Crippen molar-refractivity contribution in [1.29, 1.82) is 0 Å². The van der Waals surface area contributed by atoms with Gasteiger partial charge in [0.1, 0.15) is 0 Å². The Labute approximate surface area is 288 Å². The van der Waals surface area contributed by atoms with Crippen LogP contribution in [0.5, 0.6) is 0 Å². The maximum atomic E-state index is 2.51. The van der Waals surface area contributed by atoms with Crippen LogP contribution in [0.25, 0.3) is 98.4 Å². The number of nitrogens with zero attached hydrogens (tertiary/aromatic N) is 2. The molecule has 11 aromatic rings. The molecule has 0 aliphatic heterocycles. The standard InChI is InChI=1S/C48H30N2/c1-2-17-36(18-3-1)49-43-28-27-32-14-6-7-20-38(32)44(43)45-39-21-8-9-22-40(39)47-46(48(45)49)41-23-10-11-24-42(41)50(47)37-19-12-16-34(30-37)35-26-25-31-13-4-5-15-33(31)29-35/h1-30H. The van der Waals surface area contributed by atoms with E-state index in [-0.39, 0.29) is 0 Å². The van der Waals surface area contributed by atoms with Gasteiger partial charge in [-0.25, -0.2) is 0 Å². The minimum atomic E-state index is 1.15. The Bertz CT molecular complexity index is 3140. The van der Waals surface area contributed by atoms with Crippen LogP contribution in [0.1, 0.15) is 0 Å². The van der Waals surface area contributed by atoms with Crippen molar-refractivity contribution in [3.8, 4) is 22.5 Å². The van der Waals surface area contributed by atoms with E-state index in [2.05, 4.69) is 191 Å². The number of fused-ring (bicyclic) bond motifs is 13. The van der Waals surface area contributed by atoms with Crippen molar-refractivity contribution in [2.75, 3.05) is 0 Å². The average molecular weight is 635 g/mol. The van der Waals surface area contributed by atoms with Crippen molar-refractivity contribution < 1.29 is 0 Å². The SMILES string of the molecule is c1ccc(-n2c3ccc4ccccc4c3c3c4ccccc4c4c(c5ccccc5n4-c4cccc(-c5ccc6ccccc6c5)c4)c32)cc1. The highest BCUT2D eigenvalue weighted by atomic mass is 15.0. The van der Waals surface area contributed by atoms with Gasteiger partial charge in [-0.1, -0.05) is 140 Å². The average Bonchev–Trinajstić information content (AvgIpc) is 3.72. The maximum absolute atomic E-state index is 2.51. The van der Waals surface area contributed by atoms with Gasteiger partial charge in [-0.2, -0.15) is 0 Å². The number of hydrogen-bond acceptors (Lipinski definition) is 0. The van der Waals surface area contributed by atoms with E-state index in [4.69, 9.17) is 0 Å². The second-order valence-electron chi connectivity index (χ2n) is 13.3. The summed E-state index contributed by atoms with van der Waals surface area (Å²) in [5.41, 5.74) is 9.63. The molecule has 0 saturated heterocycles. The van der Waals surface area contributed by atoms with Crippen LogP contribution in [-0.4, -0.2) is 9.13 Å². The molecule has 2 heterocycles. The monoisotopic (exact) mass is 634 g/mol. The summed E-state index contributed by atoms with van der Waals surface area (Å²) in [6, 6.07) is 66.7. The predicted octanol–water partition coefficient (Wildman–Crippen LogP) is 13.0. The Morgan fingerprint density at radius 3 is 1.76 bits per heavy atom. The van der Waals surface area contributed by atoms with Crippen molar-refractivity contribution in [3.63, 3.8) is 0 Å². The first kappa shape index (κ1) is 27.3. The minimum absolute atomic E-state index is 1.15. The fourth-order valence-corrected chi connectivity index (χ4v) is 8.51. The van der Waals surface area contributed by atoms with Gasteiger partial charge in [0.2, 0.25) is 0 Å². The quantitative estimate of drug-likeness (QED) is 0.183. The molecule has 11 rings (SSSR count). The predicted molar refractivity (Wildman–Crippen MR) is 213 cm³/mol. The maximum Gasteiger partial charge on any atom is 0.0648 e. The summed E-state index contributed by atoms with van der Waals surface area (Å²) in [6.07, 6.45) is 0. The zero-order valence-electron chi connectivity index (χ0n) is 27.2. The summed E-state index contributed by atoms with van der Waals surface area (Å²) in [5, 5.41) is 12.7. The van der Waals surface area contributed by atoms with Gasteiger partial charge in [-0.15, -0.1) is 0 Å². The van der Waals surface area contributed by atoms with Crippen LogP contribution in [0.2, 0.25) is 0 Å². The third kappa shape index (κ3) is 3.79. The van der Waals surface area contributed by atoms with Gasteiger partial charge in [0.25, 0.3) is 0 Å². The van der Waals surface area contributed by atoms with Gasteiger partial charge < -0.3 is 9.13 Å². The first-order valence-electron chi connectivity index (χ1n) is 17.3. The van der Waals surface area contributed by atoms with Gasteiger partial charge >= 0.3 is 0 Å². The molecule has 0 atom stereocenters. The molecule has 232 valence electrons. The highest BCUT2D eigenvalue weighted by Gasteiger charge is 2.25. The van der Waals surface area contributed by atoms with Crippen molar-refractivity contribution in [2.45, 2.75) is 0 Å². The summed E-state index contributed by atoms with van der Waals surface area (Å²) in [4.78, 5) is 0. The van der Waals surface area contributed by atoms with Crippen molar-refractivity contribution in [3.05, 3.63) is 182 Å². The molecule has 0 spiro atoms. The van der Waals surface area contributed by atoms with E-state index < -0.39 is 0 Å². The first-order chi connectivity index (χ1) is 24.8. The van der Waals surface area contributed by atoms with E-state index in [0.29, 0.717) is 0 Å². The normalized spacial score (nSPS) is 12.0. The summed E-state index contributed by atoms with van der Waals surface area (Å²) >= 11 is 0. The topological polar surface area (TPSA) is 9.86 Å². The highest BCUT2D eigenvalue weighted by Crippen LogP contribution is 2.48. The summed E-state index contributed by atoms with van der Waals surface area (Å²) < 4.78 is 5.01. The van der Waals surface area contributed by atoms with Crippen molar-refractivity contribution in [2.24, 2.45) is 0 Å². The highest BCUT2D eigenvalue weighted by molar-refractivity contribution is 6.39. The number of benzene rings is 9. The van der Waals surface area contributed by atoms with Gasteiger partial charge in [-0.05, 0) is 80.5 Å². The molecule has 0 radical (unpaired) electrons. The Balaban J connectivity index is 1.34. The van der Waals surface area contributed by atoms with Gasteiger partial charge in [0.05, 0.1) is 22.1 Å². The molecule has 2 aromatic heterocycles.